The molecule has 1 aliphatic rings. The van der Waals surface area contributed by atoms with Gasteiger partial charge in [0.25, 0.3) is 0 Å². The van der Waals surface area contributed by atoms with Gasteiger partial charge in [0.15, 0.2) is 0 Å². The van der Waals surface area contributed by atoms with Crippen LogP contribution in [0.25, 0.3) is 0 Å². The summed E-state index contributed by atoms with van der Waals surface area (Å²) in [6.45, 7) is 5.31. The molecule has 1 aliphatic heterocycles. The number of nitrogens with one attached hydrogen (secondary N) is 2. The molecule has 0 bridgehead atoms. The van der Waals surface area contributed by atoms with Gasteiger partial charge in [0.2, 0.25) is 5.91 Å². The first kappa shape index (κ1) is 14.9. The minimum Gasteiger partial charge on any atom is -0.494 e. The van der Waals surface area contributed by atoms with Gasteiger partial charge in [0.05, 0.1) is 12.5 Å². The van der Waals surface area contributed by atoms with Crippen molar-refractivity contribution in [2.45, 2.75) is 19.8 Å². The predicted octanol–water partition coefficient (Wildman–Crippen LogP) is 1.82. The lowest BCUT2D eigenvalue weighted by Crippen LogP contribution is -2.43. The predicted molar refractivity (Wildman–Crippen MR) is 79.7 cm³/mol. The number of ether oxygens (including phenoxy) is 1. The molecule has 1 heterocycles. The lowest BCUT2D eigenvalue weighted by atomic mass is 9.91. The van der Waals surface area contributed by atoms with Crippen LogP contribution in [0.5, 0.6) is 5.75 Å². The molecular formula is C16H24N2O2. The van der Waals surface area contributed by atoms with Crippen LogP contribution in [-0.2, 0) is 4.79 Å². The number of hydrogen-bond acceptors (Lipinski definition) is 3. The zero-order valence-electron chi connectivity index (χ0n) is 12.1. The molecule has 0 aromatic heterocycles. The van der Waals surface area contributed by atoms with Crippen LogP contribution >= 0.6 is 0 Å². The van der Waals surface area contributed by atoms with Crippen LogP contribution in [0, 0.1) is 11.8 Å². The number of para-hydroxylation sites is 1. The van der Waals surface area contributed by atoms with Crippen LogP contribution < -0.4 is 15.4 Å². The van der Waals surface area contributed by atoms with E-state index in [9.17, 15) is 4.79 Å². The molecule has 0 radical (unpaired) electrons. The third-order valence-corrected chi connectivity index (χ3v) is 3.57. The highest BCUT2D eigenvalue weighted by molar-refractivity contribution is 5.78. The molecule has 1 saturated heterocycles. The average Bonchev–Trinajstić information content (AvgIpc) is 2.48. The Hall–Kier alpha value is -1.55. The molecule has 4 heteroatoms. The number of amides is 1. The fraction of sp³-hybridized carbons (Fsp3) is 0.562. The summed E-state index contributed by atoms with van der Waals surface area (Å²) < 4.78 is 5.59. The van der Waals surface area contributed by atoms with E-state index in [0.29, 0.717) is 19.1 Å². The van der Waals surface area contributed by atoms with Gasteiger partial charge in [-0.1, -0.05) is 25.1 Å². The van der Waals surface area contributed by atoms with E-state index in [1.165, 1.54) is 0 Å². The molecule has 1 aromatic rings. The van der Waals surface area contributed by atoms with E-state index >= 15 is 0 Å². The summed E-state index contributed by atoms with van der Waals surface area (Å²) in [6.07, 6.45) is 1.82. The summed E-state index contributed by atoms with van der Waals surface area (Å²) in [6, 6.07) is 9.75. The summed E-state index contributed by atoms with van der Waals surface area (Å²) in [4.78, 5) is 12.0. The van der Waals surface area contributed by atoms with Crippen molar-refractivity contribution in [3.63, 3.8) is 0 Å². The fourth-order valence-electron chi connectivity index (χ4n) is 2.49. The van der Waals surface area contributed by atoms with E-state index in [4.69, 9.17) is 4.74 Å². The van der Waals surface area contributed by atoms with Gasteiger partial charge in [-0.25, -0.2) is 0 Å². The normalized spacial score (nSPS) is 22.2. The quantitative estimate of drug-likeness (QED) is 0.779. The van der Waals surface area contributed by atoms with E-state index < -0.39 is 0 Å². The summed E-state index contributed by atoms with van der Waals surface area (Å²) in [5, 5.41) is 6.30. The van der Waals surface area contributed by atoms with E-state index in [1.54, 1.807) is 0 Å². The van der Waals surface area contributed by atoms with Gasteiger partial charge in [-0.15, -0.1) is 0 Å². The maximum atomic E-state index is 12.0. The minimum absolute atomic E-state index is 0.119. The first-order valence-corrected chi connectivity index (χ1v) is 7.42. The zero-order chi connectivity index (χ0) is 14.2. The Balaban J connectivity index is 1.57. The van der Waals surface area contributed by atoms with E-state index in [0.717, 1.165) is 31.7 Å². The second-order valence-electron chi connectivity index (χ2n) is 5.50. The summed E-state index contributed by atoms with van der Waals surface area (Å²) >= 11 is 0. The first-order chi connectivity index (χ1) is 9.75. The molecule has 20 heavy (non-hydrogen) atoms. The number of piperidine rings is 1. The molecule has 2 N–H and O–H groups in total. The van der Waals surface area contributed by atoms with Gasteiger partial charge in [-0.05, 0) is 37.4 Å². The SMILES string of the molecule is CC1CNCC(C(=O)NCCCOc2ccccc2)C1. The molecule has 0 aliphatic carbocycles. The highest BCUT2D eigenvalue weighted by Gasteiger charge is 2.24. The summed E-state index contributed by atoms with van der Waals surface area (Å²) in [7, 11) is 0. The highest BCUT2D eigenvalue weighted by atomic mass is 16.5. The van der Waals surface area contributed by atoms with E-state index in [-0.39, 0.29) is 11.8 Å². The van der Waals surface area contributed by atoms with Gasteiger partial charge < -0.3 is 15.4 Å². The molecule has 1 amide bonds. The lowest BCUT2D eigenvalue weighted by Gasteiger charge is -2.26. The first-order valence-electron chi connectivity index (χ1n) is 7.42. The third kappa shape index (κ3) is 4.85. The fourth-order valence-corrected chi connectivity index (χ4v) is 2.49. The van der Waals surface area contributed by atoms with Crippen molar-refractivity contribution in [1.82, 2.24) is 10.6 Å². The zero-order valence-corrected chi connectivity index (χ0v) is 12.1. The number of carbonyl (C=O) groups excluding carboxylic acids is 1. The summed E-state index contributed by atoms with van der Waals surface area (Å²) in [5.41, 5.74) is 0. The Morgan fingerprint density at radius 3 is 2.90 bits per heavy atom. The number of carbonyl (C=O) groups is 1. The standard InChI is InChI=1S/C16H24N2O2/c1-13-10-14(12-17-11-13)16(19)18-8-5-9-20-15-6-3-2-4-7-15/h2-4,6-7,13-14,17H,5,8-12H2,1H3,(H,18,19). The van der Waals surface area contributed by atoms with E-state index in [2.05, 4.69) is 17.6 Å². The molecule has 110 valence electrons. The maximum absolute atomic E-state index is 12.0. The van der Waals surface area contributed by atoms with Crippen LogP contribution in [0.2, 0.25) is 0 Å². The maximum Gasteiger partial charge on any atom is 0.224 e. The van der Waals surface area contributed by atoms with Crippen molar-refractivity contribution in [2.75, 3.05) is 26.2 Å². The lowest BCUT2D eigenvalue weighted by molar-refractivity contribution is -0.125. The minimum atomic E-state index is 0.119. The van der Waals surface area contributed by atoms with Crippen LogP contribution in [0.15, 0.2) is 30.3 Å². The van der Waals surface area contributed by atoms with Crippen LogP contribution in [0.4, 0.5) is 0 Å². The highest BCUT2D eigenvalue weighted by Crippen LogP contribution is 2.15. The third-order valence-electron chi connectivity index (χ3n) is 3.57. The van der Waals surface area contributed by atoms with Crippen LogP contribution in [-0.4, -0.2) is 32.1 Å². The molecule has 2 rings (SSSR count). The molecular weight excluding hydrogens is 252 g/mol. The second-order valence-corrected chi connectivity index (χ2v) is 5.50. The number of hydrogen-bond donors (Lipinski definition) is 2. The number of rotatable bonds is 6. The summed E-state index contributed by atoms with van der Waals surface area (Å²) in [5.74, 6) is 1.75. The monoisotopic (exact) mass is 276 g/mol. The molecule has 4 nitrogen and oxygen atoms in total. The molecule has 2 atom stereocenters. The Kier molecular flexibility index (Phi) is 5.87. The largest absolute Gasteiger partial charge is 0.494 e. The molecule has 0 spiro atoms. The van der Waals surface area contributed by atoms with Gasteiger partial charge >= 0.3 is 0 Å². The molecule has 2 unspecified atom stereocenters. The topological polar surface area (TPSA) is 50.4 Å². The number of benzene rings is 1. The van der Waals surface area contributed by atoms with Crippen molar-refractivity contribution in [3.8, 4) is 5.75 Å². The smallest absolute Gasteiger partial charge is 0.224 e. The van der Waals surface area contributed by atoms with Crippen molar-refractivity contribution in [3.05, 3.63) is 30.3 Å². The average molecular weight is 276 g/mol. The molecule has 1 aromatic carbocycles. The Morgan fingerprint density at radius 2 is 2.15 bits per heavy atom. The van der Waals surface area contributed by atoms with Crippen LogP contribution in [0.3, 0.4) is 0 Å². The van der Waals surface area contributed by atoms with E-state index in [1.807, 2.05) is 30.3 Å². The van der Waals surface area contributed by atoms with Gasteiger partial charge in [-0.2, -0.15) is 0 Å². The molecule has 0 saturated carbocycles. The van der Waals surface area contributed by atoms with Gasteiger partial charge in [0.1, 0.15) is 5.75 Å². The van der Waals surface area contributed by atoms with Crippen molar-refractivity contribution in [1.29, 1.82) is 0 Å². The Labute approximate surface area is 120 Å². The van der Waals surface area contributed by atoms with Gasteiger partial charge in [0, 0.05) is 13.1 Å². The van der Waals surface area contributed by atoms with Crippen molar-refractivity contribution >= 4 is 5.91 Å². The molecule has 1 fully saturated rings. The Bertz CT molecular complexity index is 408. The van der Waals surface area contributed by atoms with Crippen LogP contribution in [0.1, 0.15) is 19.8 Å². The second kappa shape index (κ2) is 7.90. The Morgan fingerprint density at radius 1 is 1.35 bits per heavy atom. The van der Waals surface area contributed by atoms with Crippen molar-refractivity contribution in [2.24, 2.45) is 11.8 Å². The van der Waals surface area contributed by atoms with Gasteiger partial charge in [-0.3, -0.25) is 4.79 Å². The van der Waals surface area contributed by atoms with Crippen molar-refractivity contribution < 1.29 is 9.53 Å².